The van der Waals surface area contributed by atoms with Gasteiger partial charge < -0.3 is 40.3 Å². The van der Waals surface area contributed by atoms with Crippen LogP contribution in [-0.4, -0.2) is 62.3 Å². The molecule has 1 fully saturated rings. The second kappa shape index (κ2) is 6.44. The number of benzene rings is 1. The van der Waals surface area contributed by atoms with Gasteiger partial charge in [-0.2, -0.15) is 0 Å². The lowest BCUT2D eigenvalue weighted by molar-refractivity contribution is -0.271. The number of carboxylic acids is 1. The molecule has 0 amide bonds. The summed E-state index contributed by atoms with van der Waals surface area (Å²) in [4.78, 5) is 10.9. The Kier molecular flexibility index (Phi) is 4.81. The minimum Gasteiger partial charge on any atom is -0.733 e. The van der Waals surface area contributed by atoms with Gasteiger partial charge in [-0.05, 0) is 24.3 Å². The predicted molar refractivity (Wildman–Crippen MR) is 69.0 cm³/mol. The lowest BCUT2D eigenvalue weighted by atomic mass is 9.99. The quantitative estimate of drug-likeness (QED) is 0.420. The van der Waals surface area contributed by atoms with Gasteiger partial charge in [0.1, 0.15) is 24.1 Å². The smallest absolute Gasteiger partial charge is 0.335 e. The monoisotopic (exact) mass is 316 g/mol. The average molecular weight is 316 g/mol. The van der Waals surface area contributed by atoms with Crippen molar-refractivity contribution in [3.8, 4) is 5.75 Å². The van der Waals surface area contributed by atoms with Crippen LogP contribution in [0.5, 0.6) is 5.75 Å². The Bertz CT molecular complexity index is 520. The first-order valence-corrected chi connectivity index (χ1v) is 6.16. The van der Waals surface area contributed by atoms with Crippen molar-refractivity contribution < 1.29 is 39.9 Å². The molecule has 1 aromatic rings. The summed E-state index contributed by atoms with van der Waals surface area (Å²) < 4.78 is 10.1. The van der Waals surface area contributed by atoms with Crippen LogP contribution < -0.4 is 9.96 Å². The number of carbonyl (C=O) groups is 1. The van der Waals surface area contributed by atoms with Gasteiger partial charge in [0, 0.05) is 0 Å². The van der Waals surface area contributed by atoms with Crippen LogP contribution in [0.2, 0.25) is 0 Å². The zero-order chi connectivity index (χ0) is 16.4. The summed E-state index contributed by atoms with van der Waals surface area (Å²) in [6.45, 7) is 0. The van der Waals surface area contributed by atoms with Gasteiger partial charge in [0.25, 0.3) is 0 Å². The topological polar surface area (TPSA) is 163 Å². The van der Waals surface area contributed by atoms with Gasteiger partial charge >= 0.3 is 5.97 Å². The summed E-state index contributed by atoms with van der Waals surface area (Å²) in [5.74, 6) is -1.44. The summed E-state index contributed by atoms with van der Waals surface area (Å²) in [7, 11) is 0. The van der Waals surface area contributed by atoms with Gasteiger partial charge in [-0.25, -0.2) is 4.79 Å². The van der Waals surface area contributed by atoms with Gasteiger partial charge in [0.05, 0.1) is 5.69 Å². The fourth-order valence-electron chi connectivity index (χ4n) is 1.94. The highest BCUT2D eigenvalue weighted by Gasteiger charge is 2.48. The number of aliphatic hydroxyl groups is 3. The molecular weight excluding hydrogens is 302 g/mol. The van der Waals surface area contributed by atoms with E-state index in [0.29, 0.717) is 0 Å². The summed E-state index contributed by atoms with van der Waals surface area (Å²) in [5, 5.41) is 56.8. The number of nitrogens with zero attached hydrogens (tertiary/aromatic N) is 1. The SMILES string of the molecule is O=C(O)C1O[C@@H](Oc2ccc(N([O-])O)cc2)C(O)C(O)[C@@H]1O. The fraction of sp³-hybridized carbons (Fsp3) is 0.417. The molecule has 0 aromatic heterocycles. The molecule has 122 valence electrons. The standard InChI is InChI=1S/C12H14NO9/c14-7-8(15)10(11(17)18)22-12(9(7)16)21-6-3-1-5(2-4-6)13(19)20/h1-4,7-10,12,14-16,19H,(H,17,18)/q-1/t7?,8-,9?,10?,12+/m0/s1. The van der Waals surface area contributed by atoms with Crippen LogP contribution in [0, 0.1) is 5.21 Å². The molecule has 1 aromatic carbocycles. The minimum atomic E-state index is -1.81. The first-order chi connectivity index (χ1) is 10.3. The van der Waals surface area contributed by atoms with Gasteiger partial charge in [0.15, 0.2) is 6.10 Å². The number of rotatable bonds is 4. The second-order valence-electron chi connectivity index (χ2n) is 4.62. The Morgan fingerprint density at radius 3 is 2.23 bits per heavy atom. The van der Waals surface area contributed by atoms with Gasteiger partial charge in [0.2, 0.25) is 6.29 Å². The normalized spacial score (nSPS) is 31.6. The van der Waals surface area contributed by atoms with E-state index in [4.69, 9.17) is 19.8 Å². The second-order valence-corrected chi connectivity index (χ2v) is 4.62. The maximum Gasteiger partial charge on any atom is 0.335 e. The van der Waals surface area contributed by atoms with Crippen molar-refractivity contribution in [2.24, 2.45) is 0 Å². The molecule has 2 rings (SSSR count). The Morgan fingerprint density at radius 1 is 1.14 bits per heavy atom. The van der Waals surface area contributed by atoms with E-state index in [1.807, 2.05) is 0 Å². The molecule has 0 aliphatic carbocycles. The van der Waals surface area contributed by atoms with E-state index < -0.39 is 36.7 Å². The highest BCUT2D eigenvalue weighted by atomic mass is 16.8. The molecule has 0 radical (unpaired) electrons. The number of carboxylic acid groups (broad SMARTS) is 1. The van der Waals surface area contributed by atoms with E-state index in [1.165, 1.54) is 24.3 Å². The van der Waals surface area contributed by atoms with Crippen molar-refractivity contribution in [3.63, 3.8) is 0 Å². The van der Waals surface area contributed by atoms with E-state index in [-0.39, 0.29) is 16.7 Å². The zero-order valence-corrected chi connectivity index (χ0v) is 11.0. The first-order valence-electron chi connectivity index (χ1n) is 6.16. The van der Waals surface area contributed by atoms with E-state index in [1.54, 1.807) is 0 Å². The minimum absolute atomic E-state index is 0.0728. The lowest BCUT2D eigenvalue weighted by Gasteiger charge is -2.38. The number of hydrogen-bond acceptors (Lipinski definition) is 9. The molecule has 0 spiro atoms. The molecule has 1 aliphatic heterocycles. The lowest BCUT2D eigenvalue weighted by Crippen LogP contribution is -2.61. The number of aliphatic hydroxyl groups excluding tert-OH is 3. The molecule has 1 heterocycles. The number of aliphatic carboxylic acids is 1. The van der Waals surface area contributed by atoms with E-state index >= 15 is 0 Å². The zero-order valence-electron chi connectivity index (χ0n) is 11.0. The van der Waals surface area contributed by atoms with Crippen molar-refractivity contribution in [1.29, 1.82) is 0 Å². The highest BCUT2D eigenvalue weighted by molar-refractivity contribution is 5.73. The van der Waals surface area contributed by atoms with Crippen LogP contribution in [0.4, 0.5) is 5.69 Å². The summed E-state index contributed by atoms with van der Waals surface area (Å²) in [6.07, 6.45) is -8.56. The predicted octanol–water partition coefficient (Wildman–Crippen LogP) is -1.35. The molecule has 1 saturated heterocycles. The third-order valence-electron chi connectivity index (χ3n) is 3.12. The average Bonchev–Trinajstić information content (AvgIpc) is 2.48. The van der Waals surface area contributed by atoms with Crippen LogP contribution in [0.1, 0.15) is 0 Å². The number of ether oxygens (including phenoxy) is 2. The van der Waals surface area contributed by atoms with Crippen LogP contribution in [0.25, 0.3) is 0 Å². The third kappa shape index (κ3) is 3.27. The number of hydrogen-bond donors (Lipinski definition) is 5. The molecule has 10 heteroatoms. The van der Waals surface area contributed by atoms with E-state index in [2.05, 4.69) is 0 Å². The van der Waals surface area contributed by atoms with E-state index in [9.17, 15) is 25.3 Å². The molecule has 22 heavy (non-hydrogen) atoms. The van der Waals surface area contributed by atoms with Crippen LogP contribution >= 0.6 is 0 Å². The Hall–Kier alpha value is -1.95. The Balaban J connectivity index is 2.11. The summed E-state index contributed by atoms with van der Waals surface area (Å²) >= 11 is 0. The highest BCUT2D eigenvalue weighted by Crippen LogP contribution is 2.25. The molecule has 3 unspecified atom stereocenters. The van der Waals surface area contributed by atoms with Gasteiger partial charge in [-0.3, -0.25) is 5.21 Å². The van der Waals surface area contributed by atoms with Crippen molar-refractivity contribution in [1.82, 2.24) is 0 Å². The molecule has 0 saturated carbocycles. The van der Waals surface area contributed by atoms with Gasteiger partial charge in [-0.1, -0.05) is 0 Å². The molecule has 1 aliphatic rings. The molecule has 10 nitrogen and oxygen atoms in total. The molecule has 0 bridgehead atoms. The first kappa shape index (κ1) is 16.4. The Labute approximate surface area is 123 Å². The van der Waals surface area contributed by atoms with Crippen molar-refractivity contribution in [3.05, 3.63) is 29.5 Å². The fourth-order valence-corrected chi connectivity index (χ4v) is 1.94. The van der Waals surface area contributed by atoms with E-state index in [0.717, 1.165) is 0 Å². The van der Waals surface area contributed by atoms with Crippen LogP contribution in [0.15, 0.2) is 24.3 Å². The largest absolute Gasteiger partial charge is 0.733 e. The third-order valence-corrected chi connectivity index (χ3v) is 3.12. The van der Waals surface area contributed by atoms with Crippen molar-refractivity contribution in [2.45, 2.75) is 30.7 Å². The molecular formula is C12H14NO9-. The Morgan fingerprint density at radius 2 is 1.73 bits per heavy atom. The maximum absolute atomic E-state index is 10.9. The van der Waals surface area contributed by atoms with Gasteiger partial charge in [-0.15, -0.1) is 0 Å². The molecule has 5 atom stereocenters. The van der Waals surface area contributed by atoms with Crippen molar-refractivity contribution >= 4 is 11.7 Å². The number of anilines is 1. The summed E-state index contributed by atoms with van der Waals surface area (Å²) in [5.41, 5.74) is -0.0728. The van der Waals surface area contributed by atoms with Crippen LogP contribution in [0.3, 0.4) is 0 Å². The molecule has 5 N–H and O–H groups in total. The maximum atomic E-state index is 10.9. The summed E-state index contributed by atoms with van der Waals surface area (Å²) in [6, 6.07) is 4.94. The van der Waals surface area contributed by atoms with Crippen LogP contribution in [-0.2, 0) is 9.53 Å². The van der Waals surface area contributed by atoms with Crippen molar-refractivity contribution in [2.75, 3.05) is 5.23 Å².